The first kappa shape index (κ1) is 19.7. The van der Waals surface area contributed by atoms with Gasteiger partial charge in [-0.1, -0.05) is 11.2 Å². The van der Waals surface area contributed by atoms with Crippen molar-refractivity contribution in [1.82, 2.24) is 20.0 Å². The number of ether oxygens (including phenoxy) is 1. The molecule has 3 atom stereocenters. The molecule has 2 saturated heterocycles. The third-order valence-electron chi connectivity index (χ3n) is 6.46. The number of nitrogens with zero attached hydrogens (tertiary/aromatic N) is 4. The van der Waals surface area contributed by atoms with Gasteiger partial charge >= 0.3 is 0 Å². The van der Waals surface area contributed by atoms with Gasteiger partial charge < -0.3 is 14.2 Å². The van der Waals surface area contributed by atoms with Gasteiger partial charge in [-0.05, 0) is 63.1 Å². The zero-order valence-electron chi connectivity index (χ0n) is 17.8. The van der Waals surface area contributed by atoms with Crippen LogP contribution in [-0.4, -0.2) is 45.1 Å². The molecule has 2 bridgehead atoms. The Morgan fingerprint density at radius 2 is 2.10 bits per heavy atom. The maximum Gasteiger partial charge on any atom is 0.273 e. The number of aryl methyl sites for hydroxylation is 2. The monoisotopic (exact) mass is 418 g/mol. The quantitative estimate of drug-likeness (QED) is 0.621. The molecule has 0 N–H and O–H groups in total. The second-order valence-corrected chi connectivity index (χ2v) is 8.60. The maximum atomic E-state index is 13.6. The molecule has 0 aromatic carbocycles. The van der Waals surface area contributed by atoms with Crippen LogP contribution in [0.25, 0.3) is 11.3 Å². The summed E-state index contributed by atoms with van der Waals surface area (Å²) in [5.41, 5.74) is 2.74. The fraction of sp³-hybridized carbons (Fsp3) is 0.417. The summed E-state index contributed by atoms with van der Waals surface area (Å²) in [6.45, 7) is 5.15. The molecule has 0 spiro atoms. The number of rotatable bonds is 5. The number of piperidine rings is 2. The molecule has 3 fully saturated rings. The first-order chi connectivity index (χ1) is 15.1. The van der Waals surface area contributed by atoms with Crippen LogP contribution in [-0.2, 0) is 0 Å². The van der Waals surface area contributed by atoms with Crippen LogP contribution in [0.3, 0.4) is 0 Å². The summed E-state index contributed by atoms with van der Waals surface area (Å²) in [5.74, 6) is 2.08. The third-order valence-corrected chi connectivity index (χ3v) is 6.46. The van der Waals surface area contributed by atoms with E-state index in [1.807, 2.05) is 55.1 Å². The van der Waals surface area contributed by atoms with Crippen molar-refractivity contribution in [2.75, 3.05) is 13.2 Å². The molecule has 3 aromatic heterocycles. The molecule has 7 nitrogen and oxygen atoms in total. The van der Waals surface area contributed by atoms with E-state index in [0.717, 1.165) is 37.2 Å². The van der Waals surface area contributed by atoms with Crippen molar-refractivity contribution in [3.63, 3.8) is 0 Å². The van der Waals surface area contributed by atoms with E-state index in [2.05, 4.69) is 15.1 Å². The van der Waals surface area contributed by atoms with Crippen molar-refractivity contribution in [1.29, 1.82) is 0 Å². The van der Waals surface area contributed by atoms with E-state index >= 15 is 0 Å². The van der Waals surface area contributed by atoms with Crippen LogP contribution in [0.5, 0.6) is 5.88 Å². The molecule has 1 saturated carbocycles. The van der Waals surface area contributed by atoms with Gasteiger partial charge in [0, 0.05) is 36.6 Å². The fourth-order valence-corrected chi connectivity index (χ4v) is 4.85. The summed E-state index contributed by atoms with van der Waals surface area (Å²) >= 11 is 0. The lowest BCUT2D eigenvalue weighted by Gasteiger charge is -2.49. The van der Waals surface area contributed by atoms with Gasteiger partial charge in [0.2, 0.25) is 5.88 Å². The number of pyridine rings is 2. The van der Waals surface area contributed by atoms with E-state index in [0.29, 0.717) is 41.3 Å². The molecule has 2 aliphatic heterocycles. The molecule has 6 rings (SSSR count). The van der Waals surface area contributed by atoms with Crippen molar-refractivity contribution in [3.8, 4) is 17.2 Å². The molecule has 1 amide bonds. The summed E-state index contributed by atoms with van der Waals surface area (Å²) in [7, 11) is 0. The Balaban J connectivity index is 1.33. The van der Waals surface area contributed by atoms with E-state index in [-0.39, 0.29) is 11.9 Å². The Morgan fingerprint density at radius 3 is 2.81 bits per heavy atom. The molecule has 160 valence electrons. The van der Waals surface area contributed by atoms with Gasteiger partial charge in [0.05, 0.1) is 17.9 Å². The van der Waals surface area contributed by atoms with Crippen molar-refractivity contribution < 1.29 is 14.1 Å². The van der Waals surface area contributed by atoms with E-state index in [4.69, 9.17) is 9.26 Å². The number of amides is 1. The zero-order chi connectivity index (χ0) is 21.4. The number of hydrogen-bond acceptors (Lipinski definition) is 6. The molecule has 5 heterocycles. The summed E-state index contributed by atoms with van der Waals surface area (Å²) in [5, 5.41) is 3.98. The van der Waals surface area contributed by atoms with Crippen molar-refractivity contribution in [2.24, 2.45) is 11.8 Å². The maximum absolute atomic E-state index is 13.6. The molecule has 7 heteroatoms. The average molecular weight is 418 g/mol. The topological polar surface area (TPSA) is 81.4 Å². The summed E-state index contributed by atoms with van der Waals surface area (Å²) in [6, 6.07) is 11.5. The standard InChI is InChI=1S/C24H26N4O3/c1-15-6-9-20(21-11-16(2)27-31-21)23(26-15)24(29)28-13-17-7-8-19(28)12-18(17)14-30-22-5-3-4-10-25-22/h3-6,9-11,17-19H,7-8,12-14H2,1-2H3. The summed E-state index contributed by atoms with van der Waals surface area (Å²) in [4.78, 5) is 24.5. The van der Waals surface area contributed by atoms with Crippen LogP contribution in [0.2, 0.25) is 0 Å². The van der Waals surface area contributed by atoms with Gasteiger partial charge in [0.25, 0.3) is 5.91 Å². The van der Waals surface area contributed by atoms with E-state index < -0.39 is 0 Å². The smallest absolute Gasteiger partial charge is 0.273 e. The van der Waals surface area contributed by atoms with Gasteiger partial charge in [-0.3, -0.25) is 4.79 Å². The SMILES string of the molecule is Cc1cc(-c2ccc(C)nc2C(=O)N2CC3CCC2CC3COc2ccccn2)on1. The normalized spacial score (nSPS) is 22.5. The lowest BCUT2D eigenvalue weighted by Crippen LogP contribution is -2.55. The minimum absolute atomic E-state index is 0.0217. The van der Waals surface area contributed by atoms with Crippen LogP contribution in [0, 0.1) is 25.7 Å². The lowest BCUT2D eigenvalue weighted by atomic mass is 9.72. The summed E-state index contributed by atoms with van der Waals surface area (Å²) < 4.78 is 11.4. The lowest BCUT2D eigenvalue weighted by molar-refractivity contribution is -0.00503. The minimum Gasteiger partial charge on any atom is -0.477 e. The predicted octanol–water partition coefficient (Wildman–Crippen LogP) is 4.07. The Hall–Kier alpha value is -3.22. The molecular formula is C24H26N4O3. The van der Waals surface area contributed by atoms with Crippen LogP contribution in [0.15, 0.2) is 47.1 Å². The van der Waals surface area contributed by atoms with Gasteiger partial charge in [0.1, 0.15) is 5.69 Å². The van der Waals surface area contributed by atoms with Gasteiger partial charge in [-0.15, -0.1) is 0 Å². The number of aromatic nitrogens is 3. The molecule has 3 unspecified atom stereocenters. The van der Waals surface area contributed by atoms with Crippen molar-refractivity contribution in [3.05, 3.63) is 59.7 Å². The average Bonchev–Trinajstić information content (AvgIpc) is 3.24. The molecular weight excluding hydrogens is 392 g/mol. The molecule has 3 aliphatic rings. The van der Waals surface area contributed by atoms with Crippen LogP contribution in [0.1, 0.15) is 41.1 Å². The number of carbonyl (C=O) groups excluding carboxylic acids is 1. The van der Waals surface area contributed by atoms with E-state index in [1.165, 1.54) is 0 Å². The van der Waals surface area contributed by atoms with Crippen molar-refractivity contribution >= 4 is 5.91 Å². The molecule has 3 aromatic rings. The Labute approximate surface area is 181 Å². The Bertz CT molecular complexity index is 1080. The van der Waals surface area contributed by atoms with Crippen LogP contribution < -0.4 is 4.74 Å². The highest BCUT2D eigenvalue weighted by Gasteiger charge is 2.43. The van der Waals surface area contributed by atoms with Gasteiger partial charge in [0.15, 0.2) is 5.76 Å². The number of carbonyl (C=O) groups is 1. The van der Waals surface area contributed by atoms with Crippen molar-refractivity contribution in [2.45, 2.75) is 39.2 Å². The zero-order valence-corrected chi connectivity index (χ0v) is 17.8. The Morgan fingerprint density at radius 1 is 1.19 bits per heavy atom. The predicted molar refractivity (Wildman–Crippen MR) is 115 cm³/mol. The van der Waals surface area contributed by atoms with E-state index in [1.54, 1.807) is 6.20 Å². The molecule has 0 radical (unpaired) electrons. The first-order valence-electron chi connectivity index (χ1n) is 10.8. The molecule has 31 heavy (non-hydrogen) atoms. The number of hydrogen-bond donors (Lipinski definition) is 0. The first-order valence-corrected chi connectivity index (χ1v) is 10.8. The second kappa shape index (κ2) is 8.13. The minimum atomic E-state index is -0.0217. The van der Waals surface area contributed by atoms with Crippen LogP contribution in [0.4, 0.5) is 0 Å². The highest BCUT2D eigenvalue weighted by Crippen LogP contribution is 2.40. The largest absolute Gasteiger partial charge is 0.477 e. The number of fused-ring (bicyclic) bond motifs is 3. The van der Waals surface area contributed by atoms with Crippen LogP contribution >= 0.6 is 0 Å². The molecule has 1 aliphatic carbocycles. The highest BCUT2D eigenvalue weighted by molar-refractivity contribution is 5.98. The van der Waals surface area contributed by atoms with E-state index in [9.17, 15) is 4.79 Å². The highest BCUT2D eigenvalue weighted by atomic mass is 16.5. The Kier molecular flexibility index (Phi) is 5.18. The van der Waals surface area contributed by atoms with Gasteiger partial charge in [-0.2, -0.15) is 0 Å². The summed E-state index contributed by atoms with van der Waals surface area (Å²) in [6.07, 6.45) is 4.84. The second-order valence-electron chi connectivity index (χ2n) is 8.60. The fourth-order valence-electron chi connectivity index (χ4n) is 4.85. The van der Waals surface area contributed by atoms with Gasteiger partial charge in [-0.25, -0.2) is 9.97 Å². The third kappa shape index (κ3) is 3.92.